The monoisotopic (exact) mass is 423 g/mol. The second-order valence-corrected chi connectivity index (χ2v) is 9.19. The maximum absolute atomic E-state index is 12.5. The van der Waals surface area contributed by atoms with Gasteiger partial charge in [-0.2, -0.15) is 0 Å². The summed E-state index contributed by atoms with van der Waals surface area (Å²) in [5.41, 5.74) is 4.26. The van der Waals surface area contributed by atoms with Crippen LogP contribution in [0.5, 0.6) is 0 Å². The predicted octanol–water partition coefficient (Wildman–Crippen LogP) is 4.51. The normalized spacial score (nSPS) is 13.7. The van der Waals surface area contributed by atoms with Crippen LogP contribution < -0.4 is 5.32 Å². The molecule has 8 heteroatoms. The number of aryl methyl sites for hydroxylation is 3. The summed E-state index contributed by atoms with van der Waals surface area (Å²) in [6.45, 7) is 2.08. The zero-order chi connectivity index (χ0) is 19.8. The second kappa shape index (κ2) is 7.76. The summed E-state index contributed by atoms with van der Waals surface area (Å²) >= 11 is 3.17. The minimum absolute atomic E-state index is 0.0467. The summed E-state index contributed by atoms with van der Waals surface area (Å²) in [6.07, 6.45) is 7.36. The number of thiophene rings is 1. The van der Waals surface area contributed by atoms with Gasteiger partial charge in [0.05, 0.1) is 11.1 Å². The summed E-state index contributed by atoms with van der Waals surface area (Å²) in [4.78, 5) is 19.6. The van der Waals surface area contributed by atoms with Crippen molar-refractivity contribution in [1.82, 2.24) is 19.6 Å². The van der Waals surface area contributed by atoms with Crippen LogP contribution in [0.25, 0.3) is 15.9 Å². The van der Waals surface area contributed by atoms with Gasteiger partial charge in [-0.05, 0) is 49.3 Å². The Labute approximate surface area is 176 Å². The Bertz CT molecular complexity index is 1210. The van der Waals surface area contributed by atoms with E-state index in [-0.39, 0.29) is 11.7 Å². The van der Waals surface area contributed by atoms with Crippen LogP contribution in [0.2, 0.25) is 0 Å². The number of aromatic nitrogens is 4. The van der Waals surface area contributed by atoms with Crippen LogP contribution in [-0.2, 0) is 24.1 Å². The first-order chi connectivity index (χ1) is 14.2. The van der Waals surface area contributed by atoms with Crippen molar-refractivity contribution in [3.63, 3.8) is 0 Å². The number of hydrogen-bond acceptors (Lipinski definition) is 6. The Hall–Kier alpha value is -2.45. The third-order valence-electron chi connectivity index (χ3n) is 5.34. The average molecular weight is 424 g/mol. The van der Waals surface area contributed by atoms with E-state index in [4.69, 9.17) is 0 Å². The lowest BCUT2D eigenvalue weighted by Crippen LogP contribution is -2.15. The molecule has 0 atom stereocenters. The van der Waals surface area contributed by atoms with Crippen LogP contribution in [0, 0.1) is 0 Å². The summed E-state index contributed by atoms with van der Waals surface area (Å²) in [6, 6.07) is 7.90. The molecule has 5 rings (SSSR count). The highest BCUT2D eigenvalue weighted by Crippen LogP contribution is 2.37. The van der Waals surface area contributed by atoms with Crippen LogP contribution in [0.1, 0.15) is 35.8 Å². The van der Waals surface area contributed by atoms with Crippen LogP contribution in [0.4, 0.5) is 5.69 Å². The van der Waals surface area contributed by atoms with Crippen LogP contribution >= 0.6 is 23.1 Å². The number of para-hydroxylation sites is 1. The van der Waals surface area contributed by atoms with Crippen LogP contribution in [0.3, 0.4) is 0 Å². The van der Waals surface area contributed by atoms with Crippen molar-refractivity contribution in [2.24, 2.45) is 0 Å². The van der Waals surface area contributed by atoms with Crippen LogP contribution in [0.15, 0.2) is 35.7 Å². The minimum atomic E-state index is -0.0467. The van der Waals surface area contributed by atoms with E-state index in [2.05, 4.69) is 27.4 Å². The largest absolute Gasteiger partial charge is 0.325 e. The fourth-order valence-electron chi connectivity index (χ4n) is 3.90. The highest BCUT2D eigenvalue weighted by atomic mass is 32.2. The number of amides is 1. The van der Waals surface area contributed by atoms with E-state index in [0.717, 1.165) is 46.4 Å². The second-order valence-electron chi connectivity index (χ2n) is 7.16. The standard InChI is InChI=1S/C21H21N5OS2/c1-2-13-7-3-5-9-15(13)23-17(27)11-28-21-25-24-19-18-14-8-4-6-10-16(14)29-20(18)22-12-26(19)21/h3,5,7,9,12H,2,4,6,8,10-11H2,1H3,(H,23,27). The van der Waals surface area contributed by atoms with Gasteiger partial charge in [0, 0.05) is 10.6 Å². The number of anilines is 1. The number of nitrogens with one attached hydrogen (secondary N) is 1. The quantitative estimate of drug-likeness (QED) is 0.478. The van der Waals surface area contributed by atoms with Crippen molar-refractivity contribution in [2.45, 2.75) is 44.2 Å². The molecular formula is C21H21N5OS2. The predicted molar refractivity (Wildman–Crippen MR) is 118 cm³/mol. The van der Waals surface area contributed by atoms with Gasteiger partial charge in [0.15, 0.2) is 10.8 Å². The molecule has 0 unspecified atom stereocenters. The van der Waals surface area contributed by atoms with Crippen molar-refractivity contribution in [1.29, 1.82) is 0 Å². The molecule has 0 aliphatic heterocycles. The molecule has 4 aromatic rings. The van der Waals surface area contributed by atoms with Gasteiger partial charge in [0.1, 0.15) is 11.2 Å². The lowest BCUT2D eigenvalue weighted by atomic mass is 9.97. The minimum Gasteiger partial charge on any atom is -0.325 e. The molecule has 0 spiro atoms. The smallest absolute Gasteiger partial charge is 0.234 e. The maximum Gasteiger partial charge on any atom is 0.234 e. The summed E-state index contributed by atoms with van der Waals surface area (Å²) in [5.74, 6) is 0.230. The Morgan fingerprint density at radius 1 is 1.24 bits per heavy atom. The highest BCUT2D eigenvalue weighted by molar-refractivity contribution is 7.99. The number of hydrogen-bond donors (Lipinski definition) is 1. The fraction of sp³-hybridized carbons (Fsp3) is 0.333. The highest BCUT2D eigenvalue weighted by Gasteiger charge is 2.21. The molecule has 0 radical (unpaired) electrons. The van der Waals surface area contributed by atoms with Gasteiger partial charge >= 0.3 is 0 Å². The van der Waals surface area contributed by atoms with Crippen molar-refractivity contribution in [2.75, 3.05) is 11.1 Å². The molecule has 1 N–H and O–H groups in total. The fourth-order valence-corrected chi connectivity index (χ4v) is 5.83. The third-order valence-corrected chi connectivity index (χ3v) is 7.48. The van der Waals surface area contributed by atoms with E-state index in [9.17, 15) is 4.79 Å². The van der Waals surface area contributed by atoms with Crippen molar-refractivity contribution >= 4 is 50.6 Å². The summed E-state index contributed by atoms with van der Waals surface area (Å²) < 4.78 is 1.92. The van der Waals surface area contributed by atoms with E-state index in [1.165, 1.54) is 35.0 Å². The van der Waals surface area contributed by atoms with Crippen molar-refractivity contribution < 1.29 is 4.79 Å². The first-order valence-corrected chi connectivity index (χ1v) is 11.7. The van der Waals surface area contributed by atoms with Gasteiger partial charge in [-0.25, -0.2) is 4.98 Å². The lowest BCUT2D eigenvalue weighted by Gasteiger charge is -2.10. The molecule has 0 bridgehead atoms. The molecule has 0 saturated carbocycles. The van der Waals surface area contributed by atoms with E-state index < -0.39 is 0 Å². The number of carbonyl (C=O) groups is 1. The molecule has 1 aromatic carbocycles. The Morgan fingerprint density at radius 3 is 3.00 bits per heavy atom. The van der Waals surface area contributed by atoms with Crippen molar-refractivity contribution in [3.8, 4) is 0 Å². The molecule has 148 valence electrons. The van der Waals surface area contributed by atoms with E-state index >= 15 is 0 Å². The zero-order valence-electron chi connectivity index (χ0n) is 16.1. The number of rotatable bonds is 5. The summed E-state index contributed by atoms with van der Waals surface area (Å²) in [5, 5.41) is 13.6. The molecule has 6 nitrogen and oxygen atoms in total. The van der Waals surface area contributed by atoms with E-state index in [0.29, 0.717) is 5.16 Å². The molecule has 3 aromatic heterocycles. The SMILES string of the molecule is CCc1ccccc1NC(=O)CSc1nnc2c3c4c(sc3ncn12)CCCC4. The number of benzene rings is 1. The zero-order valence-corrected chi connectivity index (χ0v) is 17.8. The molecule has 0 fully saturated rings. The molecule has 29 heavy (non-hydrogen) atoms. The first kappa shape index (κ1) is 18.6. The molecule has 1 amide bonds. The van der Waals surface area contributed by atoms with Gasteiger partial charge in [-0.15, -0.1) is 21.5 Å². The first-order valence-electron chi connectivity index (χ1n) is 9.89. The topological polar surface area (TPSA) is 72.2 Å². The van der Waals surface area contributed by atoms with Gasteiger partial charge in [-0.3, -0.25) is 9.20 Å². The number of nitrogens with zero attached hydrogens (tertiary/aromatic N) is 4. The van der Waals surface area contributed by atoms with Gasteiger partial charge in [-0.1, -0.05) is 36.9 Å². The maximum atomic E-state index is 12.5. The number of carbonyl (C=O) groups excluding carboxylic acids is 1. The summed E-state index contributed by atoms with van der Waals surface area (Å²) in [7, 11) is 0. The Balaban J connectivity index is 1.38. The van der Waals surface area contributed by atoms with Crippen molar-refractivity contribution in [3.05, 3.63) is 46.6 Å². The van der Waals surface area contributed by atoms with E-state index in [1.807, 2.05) is 28.7 Å². The molecular weight excluding hydrogens is 402 g/mol. The van der Waals surface area contributed by atoms with Gasteiger partial charge in [0.25, 0.3) is 0 Å². The molecule has 0 saturated heterocycles. The molecule has 3 heterocycles. The number of fused-ring (bicyclic) bond motifs is 5. The average Bonchev–Trinajstić information content (AvgIpc) is 3.33. The third kappa shape index (κ3) is 3.40. The lowest BCUT2D eigenvalue weighted by molar-refractivity contribution is -0.113. The van der Waals surface area contributed by atoms with E-state index in [1.54, 1.807) is 17.7 Å². The Morgan fingerprint density at radius 2 is 2.10 bits per heavy atom. The van der Waals surface area contributed by atoms with Crippen LogP contribution in [-0.4, -0.2) is 31.2 Å². The Kier molecular flexibility index (Phi) is 4.97. The van der Waals surface area contributed by atoms with Gasteiger partial charge < -0.3 is 5.32 Å². The number of thioether (sulfide) groups is 1. The van der Waals surface area contributed by atoms with Gasteiger partial charge in [0.2, 0.25) is 5.91 Å². The molecule has 1 aliphatic rings. The molecule has 1 aliphatic carbocycles.